The van der Waals surface area contributed by atoms with Gasteiger partial charge in [-0.15, -0.1) is 5.10 Å². The van der Waals surface area contributed by atoms with E-state index in [-0.39, 0.29) is 11.6 Å². The van der Waals surface area contributed by atoms with Gasteiger partial charge in [0, 0.05) is 18.0 Å². The van der Waals surface area contributed by atoms with Crippen LogP contribution in [0, 0.1) is 0 Å². The molecule has 2 aromatic heterocycles. The van der Waals surface area contributed by atoms with Gasteiger partial charge in [-0.2, -0.15) is 0 Å². The number of anilines is 1. The van der Waals surface area contributed by atoms with Crippen molar-refractivity contribution in [3.8, 4) is 5.75 Å². The summed E-state index contributed by atoms with van der Waals surface area (Å²) in [6, 6.07) is 20.2. The molecule has 7 nitrogen and oxygen atoms in total. The Morgan fingerprint density at radius 1 is 1.10 bits per heavy atom. The minimum absolute atomic E-state index is 0.207. The van der Waals surface area contributed by atoms with Crippen LogP contribution in [0.25, 0.3) is 11.7 Å². The second-order valence-electron chi connectivity index (χ2n) is 6.67. The summed E-state index contributed by atoms with van der Waals surface area (Å²) >= 11 is 0. The molecular weight excluding hydrogens is 380 g/mol. The number of benzene rings is 2. The van der Waals surface area contributed by atoms with Gasteiger partial charge in [0.15, 0.2) is 5.65 Å². The molecule has 1 N–H and O–H groups in total. The Bertz CT molecular complexity index is 1290. The SMILES string of the molecule is COc1cccc(/C=C/C(=O)Nc2cccc(Cn3nc4ccccn4c3=O)c2)c1. The Morgan fingerprint density at radius 3 is 2.80 bits per heavy atom. The number of nitrogens with one attached hydrogen (secondary N) is 1. The molecule has 0 aliphatic heterocycles. The number of hydrogen-bond acceptors (Lipinski definition) is 4. The molecule has 1 amide bonds. The predicted octanol–water partition coefficient (Wildman–Crippen LogP) is 3.20. The number of rotatable bonds is 6. The number of hydrogen-bond donors (Lipinski definition) is 1. The second kappa shape index (κ2) is 8.48. The molecule has 0 unspecified atom stereocenters. The Hall–Kier alpha value is -4.13. The molecule has 4 aromatic rings. The van der Waals surface area contributed by atoms with E-state index in [0.717, 1.165) is 16.9 Å². The molecule has 0 spiro atoms. The molecule has 0 aliphatic rings. The Labute approximate surface area is 172 Å². The summed E-state index contributed by atoms with van der Waals surface area (Å²) in [4.78, 5) is 24.7. The monoisotopic (exact) mass is 400 g/mol. The van der Waals surface area contributed by atoms with Crippen molar-refractivity contribution in [1.82, 2.24) is 14.2 Å². The molecular formula is C23H20N4O3. The normalized spacial score (nSPS) is 11.1. The Balaban J connectivity index is 1.46. The summed E-state index contributed by atoms with van der Waals surface area (Å²) in [5.41, 5.74) is 2.75. The summed E-state index contributed by atoms with van der Waals surface area (Å²) in [5.74, 6) is 0.479. The molecule has 4 rings (SSSR count). The van der Waals surface area contributed by atoms with Gasteiger partial charge >= 0.3 is 5.69 Å². The summed E-state index contributed by atoms with van der Waals surface area (Å²) in [6.45, 7) is 0.309. The van der Waals surface area contributed by atoms with Gasteiger partial charge in [0.05, 0.1) is 13.7 Å². The lowest BCUT2D eigenvalue weighted by molar-refractivity contribution is -0.111. The number of pyridine rings is 1. The topological polar surface area (TPSA) is 77.6 Å². The van der Waals surface area contributed by atoms with Crippen LogP contribution < -0.4 is 15.7 Å². The first-order chi connectivity index (χ1) is 14.6. The average molecular weight is 400 g/mol. The van der Waals surface area contributed by atoms with Crippen LogP contribution in [0.1, 0.15) is 11.1 Å². The number of carbonyl (C=O) groups is 1. The lowest BCUT2D eigenvalue weighted by atomic mass is 10.2. The number of amides is 1. The first-order valence-corrected chi connectivity index (χ1v) is 9.39. The van der Waals surface area contributed by atoms with E-state index in [2.05, 4.69) is 10.4 Å². The van der Waals surface area contributed by atoms with Crippen molar-refractivity contribution in [2.45, 2.75) is 6.54 Å². The van der Waals surface area contributed by atoms with Gasteiger partial charge in [0.25, 0.3) is 0 Å². The molecule has 2 heterocycles. The van der Waals surface area contributed by atoms with Crippen molar-refractivity contribution in [3.05, 3.63) is 101 Å². The van der Waals surface area contributed by atoms with Gasteiger partial charge in [-0.25, -0.2) is 9.48 Å². The minimum atomic E-state index is -0.250. The molecule has 0 fully saturated rings. The van der Waals surface area contributed by atoms with E-state index < -0.39 is 0 Å². The molecule has 0 aliphatic carbocycles. The quantitative estimate of drug-likeness (QED) is 0.504. The number of nitrogens with zero attached hydrogens (tertiary/aromatic N) is 3. The summed E-state index contributed by atoms with van der Waals surface area (Å²) < 4.78 is 8.08. The molecule has 2 aromatic carbocycles. The van der Waals surface area contributed by atoms with E-state index in [1.807, 2.05) is 48.5 Å². The highest BCUT2D eigenvalue weighted by atomic mass is 16.5. The van der Waals surface area contributed by atoms with Crippen LogP contribution in [0.3, 0.4) is 0 Å². The zero-order chi connectivity index (χ0) is 20.9. The standard InChI is InChI=1S/C23H20N4O3/c1-30-20-9-5-6-17(15-20)11-12-22(28)24-19-8-4-7-18(14-19)16-27-23(29)26-13-3-2-10-21(26)25-27/h2-15H,16H2,1H3,(H,24,28)/b12-11+. The van der Waals surface area contributed by atoms with Gasteiger partial charge in [0.1, 0.15) is 5.75 Å². The fourth-order valence-electron chi connectivity index (χ4n) is 3.09. The molecule has 0 radical (unpaired) electrons. The Morgan fingerprint density at radius 2 is 1.97 bits per heavy atom. The van der Waals surface area contributed by atoms with Gasteiger partial charge in [0.2, 0.25) is 5.91 Å². The van der Waals surface area contributed by atoms with Gasteiger partial charge in [-0.05, 0) is 53.6 Å². The maximum Gasteiger partial charge on any atom is 0.350 e. The van der Waals surface area contributed by atoms with Crippen LogP contribution in [0.4, 0.5) is 5.69 Å². The number of carbonyl (C=O) groups excluding carboxylic acids is 1. The number of fused-ring (bicyclic) bond motifs is 1. The molecule has 150 valence electrons. The van der Waals surface area contributed by atoms with E-state index in [1.165, 1.54) is 15.2 Å². The number of ether oxygens (including phenoxy) is 1. The minimum Gasteiger partial charge on any atom is -0.497 e. The third-order valence-electron chi connectivity index (χ3n) is 4.54. The van der Waals surface area contributed by atoms with Crippen LogP contribution in [0.2, 0.25) is 0 Å². The first kappa shape index (κ1) is 19.2. The van der Waals surface area contributed by atoms with Crippen LogP contribution in [-0.2, 0) is 11.3 Å². The number of methoxy groups -OCH3 is 1. The molecule has 0 saturated heterocycles. The fourth-order valence-corrected chi connectivity index (χ4v) is 3.09. The van der Waals surface area contributed by atoms with Crippen molar-refractivity contribution in [1.29, 1.82) is 0 Å². The van der Waals surface area contributed by atoms with Crippen molar-refractivity contribution < 1.29 is 9.53 Å². The van der Waals surface area contributed by atoms with Gasteiger partial charge in [-0.3, -0.25) is 9.20 Å². The first-order valence-electron chi connectivity index (χ1n) is 9.39. The van der Waals surface area contributed by atoms with E-state index in [4.69, 9.17) is 4.74 Å². The van der Waals surface area contributed by atoms with Crippen LogP contribution in [-0.4, -0.2) is 27.2 Å². The second-order valence-corrected chi connectivity index (χ2v) is 6.67. The zero-order valence-electron chi connectivity index (χ0n) is 16.4. The van der Waals surface area contributed by atoms with Crippen molar-refractivity contribution in [3.63, 3.8) is 0 Å². The third-order valence-corrected chi connectivity index (χ3v) is 4.54. The number of aromatic nitrogens is 3. The van der Waals surface area contributed by atoms with E-state index in [9.17, 15) is 9.59 Å². The molecule has 0 saturated carbocycles. The lowest BCUT2D eigenvalue weighted by Crippen LogP contribution is -2.21. The molecule has 0 atom stereocenters. The maximum atomic E-state index is 12.4. The Kier molecular flexibility index (Phi) is 5.43. The maximum absolute atomic E-state index is 12.4. The van der Waals surface area contributed by atoms with Crippen LogP contribution in [0.15, 0.2) is 83.8 Å². The highest BCUT2D eigenvalue weighted by Crippen LogP contribution is 2.15. The van der Waals surface area contributed by atoms with E-state index >= 15 is 0 Å². The van der Waals surface area contributed by atoms with Gasteiger partial charge in [-0.1, -0.05) is 30.3 Å². The lowest BCUT2D eigenvalue weighted by Gasteiger charge is -2.06. The van der Waals surface area contributed by atoms with Crippen molar-refractivity contribution in [2.75, 3.05) is 12.4 Å². The van der Waals surface area contributed by atoms with E-state index in [0.29, 0.717) is 17.9 Å². The smallest absolute Gasteiger partial charge is 0.350 e. The summed E-state index contributed by atoms with van der Waals surface area (Å²) in [7, 11) is 1.60. The average Bonchev–Trinajstić information content (AvgIpc) is 3.08. The van der Waals surface area contributed by atoms with E-state index in [1.54, 1.807) is 37.6 Å². The highest BCUT2D eigenvalue weighted by Gasteiger charge is 2.07. The predicted molar refractivity (Wildman–Crippen MR) is 116 cm³/mol. The summed E-state index contributed by atoms with van der Waals surface area (Å²) in [6.07, 6.45) is 4.87. The largest absolute Gasteiger partial charge is 0.497 e. The van der Waals surface area contributed by atoms with Gasteiger partial charge < -0.3 is 10.1 Å². The van der Waals surface area contributed by atoms with Crippen molar-refractivity contribution >= 4 is 23.3 Å². The molecule has 30 heavy (non-hydrogen) atoms. The fraction of sp³-hybridized carbons (Fsp3) is 0.0870. The van der Waals surface area contributed by atoms with Crippen LogP contribution >= 0.6 is 0 Å². The molecule has 0 bridgehead atoms. The van der Waals surface area contributed by atoms with Crippen LogP contribution in [0.5, 0.6) is 5.75 Å². The highest BCUT2D eigenvalue weighted by molar-refractivity contribution is 6.01. The summed E-state index contributed by atoms with van der Waals surface area (Å²) in [5, 5.41) is 7.17. The third kappa shape index (κ3) is 4.30. The molecule has 7 heteroatoms. The van der Waals surface area contributed by atoms with Crippen molar-refractivity contribution in [2.24, 2.45) is 0 Å². The zero-order valence-corrected chi connectivity index (χ0v) is 16.4.